The van der Waals surface area contributed by atoms with E-state index in [0.29, 0.717) is 17.8 Å². The smallest absolute Gasteiger partial charge is 0.174 e. The number of pyridine rings is 1. The fourth-order valence-corrected chi connectivity index (χ4v) is 1.57. The molecule has 3 nitrogen and oxygen atoms in total. The number of nitrogens with two attached hydrogens (primary N) is 1. The van der Waals surface area contributed by atoms with Crippen molar-refractivity contribution in [2.24, 2.45) is 5.73 Å². The van der Waals surface area contributed by atoms with Crippen molar-refractivity contribution >= 4 is 0 Å². The van der Waals surface area contributed by atoms with E-state index in [1.165, 1.54) is 7.11 Å². The Bertz CT molecular complexity index is 511. The van der Waals surface area contributed by atoms with E-state index in [2.05, 4.69) is 4.98 Å². The Morgan fingerprint density at radius 3 is 2.71 bits per heavy atom. The maximum atomic E-state index is 14.0. The Kier molecular flexibility index (Phi) is 3.35. The van der Waals surface area contributed by atoms with Crippen LogP contribution in [0.4, 0.5) is 4.39 Å². The van der Waals surface area contributed by atoms with Crippen LogP contribution in [0.3, 0.4) is 0 Å². The molecule has 0 saturated carbocycles. The lowest BCUT2D eigenvalue weighted by molar-refractivity contribution is 0.387. The molecule has 2 rings (SSSR count). The molecule has 88 valence electrons. The number of nitrogens with zero attached hydrogens (tertiary/aromatic N) is 1. The topological polar surface area (TPSA) is 48.1 Å². The van der Waals surface area contributed by atoms with Crippen molar-refractivity contribution in [3.8, 4) is 17.0 Å². The summed E-state index contributed by atoms with van der Waals surface area (Å²) in [6.07, 6.45) is 1.65. The molecule has 0 aliphatic rings. The van der Waals surface area contributed by atoms with Crippen LogP contribution < -0.4 is 10.5 Å². The van der Waals surface area contributed by atoms with Crippen molar-refractivity contribution < 1.29 is 9.13 Å². The minimum atomic E-state index is -0.400. The van der Waals surface area contributed by atoms with Crippen LogP contribution in [0.15, 0.2) is 36.5 Å². The SMILES string of the molecule is COc1cccc(-c2ccc(CN)cn2)c1F. The number of rotatable bonds is 3. The first-order chi connectivity index (χ1) is 8.26. The minimum absolute atomic E-state index is 0.215. The van der Waals surface area contributed by atoms with Crippen LogP contribution in [0, 0.1) is 5.82 Å². The molecule has 2 aromatic rings. The van der Waals surface area contributed by atoms with Crippen LogP contribution in [-0.2, 0) is 6.54 Å². The van der Waals surface area contributed by atoms with Gasteiger partial charge >= 0.3 is 0 Å². The summed E-state index contributed by atoms with van der Waals surface area (Å²) in [7, 11) is 1.44. The summed E-state index contributed by atoms with van der Waals surface area (Å²) in [6, 6.07) is 8.56. The normalized spacial score (nSPS) is 10.3. The fourth-order valence-electron chi connectivity index (χ4n) is 1.57. The van der Waals surface area contributed by atoms with E-state index in [1.807, 2.05) is 6.07 Å². The van der Waals surface area contributed by atoms with E-state index in [0.717, 1.165) is 5.56 Å². The molecule has 1 aromatic heterocycles. The molecule has 0 amide bonds. The average Bonchev–Trinajstić information content (AvgIpc) is 2.39. The zero-order chi connectivity index (χ0) is 12.3. The summed E-state index contributed by atoms with van der Waals surface area (Å²) >= 11 is 0. The third kappa shape index (κ3) is 2.26. The maximum absolute atomic E-state index is 14.0. The molecule has 2 N–H and O–H groups in total. The van der Waals surface area contributed by atoms with Crippen molar-refractivity contribution in [2.75, 3.05) is 7.11 Å². The van der Waals surface area contributed by atoms with Gasteiger partial charge < -0.3 is 10.5 Å². The van der Waals surface area contributed by atoms with Crippen LogP contribution in [0.5, 0.6) is 5.75 Å². The highest BCUT2D eigenvalue weighted by Gasteiger charge is 2.10. The molecule has 0 saturated heterocycles. The number of methoxy groups -OCH3 is 1. The van der Waals surface area contributed by atoms with Gasteiger partial charge in [-0.25, -0.2) is 4.39 Å². The van der Waals surface area contributed by atoms with E-state index in [-0.39, 0.29) is 5.75 Å². The number of hydrogen-bond donors (Lipinski definition) is 1. The van der Waals surface area contributed by atoms with Gasteiger partial charge in [0.25, 0.3) is 0 Å². The van der Waals surface area contributed by atoms with Crippen molar-refractivity contribution in [1.82, 2.24) is 4.98 Å². The molecule has 17 heavy (non-hydrogen) atoms. The highest BCUT2D eigenvalue weighted by atomic mass is 19.1. The standard InChI is InChI=1S/C13H13FN2O/c1-17-12-4-2-3-10(13(12)14)11-6-5-9(7-15)8-16-11/h2-6,8H,7,15H2,1H3. The number of ether oxygens (including phenoxy) is 1. The van der Waals surface area contributed by atoms with Gasteiger partial charge in [-0.2, -0.15) is 0 Å². The molecule has 0 aliphatic carbocycles. The van der Waals surface area contributed by atoms with Crippen LogP contribution >= 0.6 is 0 Å². The summed E-state index contributed by atoms with van der Waals surface area (Å²) < 4.78 is 18.9. The third-order valence-electron chi connectivity index (χ3n) is 2.52. The molecule has 1 aromatic carbocycles. The largest absolute Gasteiger partial charge is 0.494 e. The van der Waals surface area contributed by atoms with Crippen LogP contribution in [0.2, 0.25) is 0 Å². The second kappa shape index (κ2) is 4.93. The summed E-state index contributed by atoms with van der Waals surface area (Å²) in [5.74, 6) is -0.185. The Labute approximate surface area is 99.1 Å². The maximum Gasteiger partial charge on any atom is 0.174 e. The van der Waals surface area contributed by atoms with Crippen molar-refractivity contribution in [3.05, 3.63) is 47.9 Å². The fraction of sp³-hybridized carbons (Fsp3) is 0.154. The van der Waals surface area contributed by atoms with Crippen LogP contribution in [0.25, 0.3) is 11.3 Å². The van der Waals surface area contributed by atoms with E-state index >= 15 is 0 Å². The molecule has 4 heteroatoms. The van der Waals surface area contributed by atoms with Gasteiger partial charge in [-0.05, 0) is 23.8 Å². The van der Waals surface area contributed by atoms with E-state index in [4.69, 9.17) is 10.5 Å². The number of benzene rings is 1. The van der Waals surface area contributed by atoms with Gasteiger partial charge in [-0.15, -0.1) is 0 Å². The summed E-state index contributed by atoms with van der Waals surface area (Å²) in [6.45, 7) is 0.424. The lowest BCUT2D eigenvalue weighted by Crippen LogP contribution is -1.98. The van der Waals surface area contributed by atoms with E-state index in [9.17, 15) is 4.39 Å². The van der Waals surface area contributed by atoms with Crippen molar-refractivity contribution in [1.29, 1.82) is 0 Å². The van der Waals surface area contributed by atoms with E-state index in [1.54, 1.807) is 30.5 Å². The number of halogens is 1. The summed E-state index contributed by atoms with van der Waals surface area (Å²) in [5, 5.41) is 0. The molecule has 0 spiro atoms. The highest BCUT2D eigenvalue weighted by molar-refractivity contribution is 5.62. The lowest BCUT2D eigenvalue weighted by Gasteiger charge is -2.07. The summed E-state index contributed by atoms with van der Waals surface area (Å²) in [5.41, 5.74) is 7.39. The van der Waals surface area contributed by atoms with Crippen LogP contribution in [0.1, 0.15) is 5.56 Å². The van der Waals surface area contributed by atoms with Crippen molar-refractivity contribution in [3.63, 3.8) is 0 Å². The first-order valence-corrected chi connectivity index (χ1v) is 5.24. The Morgan fingerprint density at radius 2 is 2.12 bits per heavy atom. The van der Waals surface area contributed by atoms with Gasteiger partial charge in [0.2, 0.25) is 0 Å². The molecule has 0 radical (unpaired) electrons. The zero-order valence-corrected chi connectivity index (χ0v) is 9.48. The first-order valence-electron chi connectivity index (χ1n) is 5.24. The third-order valence-corrected chi connectivity index (χ3v) is 2.52. The molecular formula is C13H13FN2O. The highest BCUT2D eigenvalue weighted by Crippen LogP contribution is 2.27. The molecule has 0 unspecified atom stereocenters. The Hall–Kier alpha value is -1.94. The minimum Gasteiger partial charge on any atom is -0.494 e. The number of hydrogen-bond acceptors (Lipinski definition) is 3. The monoisotopic (exact) mass is 232 g/mol. The lowest BCUT2D eigenvalue weighted by atomic mass is 10.1. The van der Waals surface area contributed by atoms with Gasteiger partial charge in [0.05, 0.1) is 12.8 Å². The van der Waals surface area contributed by atoms with Crippen molar-refractivity contribution in [2.45, 2.75) is 6.54 Å². The second-order valence-electron chi connectivity index (χ2n) is 3.58. The zero-order valence-electron chi connectivity index (χ0n) is 9.48. The Morgan fingerprint density at radius 1 is 1.29 bits per heavy atom. The second-order valence-corrected chi connectivity index (χ2v) is 3.58. The average molecular weight is 232 g/mol. The first kappa shape index (κ1) is 11.5. The molecule has 0 atom stereocenters. The molecule has 0 aliphatic heterocycles. The van der Waals surface area contributed by atoms with Crippen LogP contribution in [-0.4, -0.2) is 12.1 Å². The predicted octanol–water partition coefficient (Wildman–Crippen LogP) is 2.35. The van der Waals surface area contributed by atoms with Gasteiger partial charge in [-0.3, -0.25) is 4.98 Å². The van der Waals surface area contributed by atoms with Gasteiger partial charge in [0, 0.05) is 18.3 Å². The van der Waals surface area contributed by atoms with Gasteiger partial charge in [0.15, 0.2) is 11.6 Å². The molecular weight excluding hydrogens is 219 g/mol. The van der Waals surface area contributed by atoms with Gasteiger partial charge in [0.1, 0.15) is 0 Å². The molecule has 0 fully saturated rings. The molecule has 0 bridgehead atoms. The van der Waals surface area contributed by atoms with Gasteiger partial charge in [-0.1, -0.05) is 12.1 Å². The quantitative estimate of drug-likeness (QED) is 0.883. The Balaban J connectivity index is 2.45. The predicted molar refractivity (Wildman–Crippen MR) is 64.1 cm³/mol. The number of aromatic nitrogens is 1. The molecule has 1 heterocycles. The summed E-state index contributed by atoms with van der Waals surface area (Å²) in [4.78, 5) is 4.18. The van der Waals surface area contributed by atoms with E-state index < -0.39 is 5.82 Å².